The van der Waals surface area contributed by atoms with Crippen molar-refractivity contribution in [1.29, 1.82) is 0 Å². The fourth-order valence-corrected chi connectivity index (χ4v) is 6.22. The number of rotatable bonds is 0. The van der Waals surface area contributed by atoms with E-state index in [1.807, 2.05) is 6.08 Å². The summed E-state index contributed by atoms with van der Waals surface area (Å²) in [6, 6.07) is 0. The molecule has 1 heteroatoms. The zero-order valence-electron chi connectivity index (χ0n) is 13.4. The quantitative estimate of drug-likeness (QED) is 0.642. The molecule has 0 amide bonds. The number of aliphatic hydroxyl groups excluding tert-OH is 1. The van der Waals surface area contributed by atoms with Gasteiger partial charge in [-0.1, -0.05) is 49.8 Å². The second-order valence-electron chi connectivity index (χ2n) is 8.34. The van der Waals surface area contributed by atoms with Crippen LogP contribution < -0.4 is 0 Å². The standard InChI is InChI=1S/C20H28O/c1-13-4-7-17-16-6-5-14-12-15(21)8-10-20(14,3)18(16)9-11-19(13,17)2/h8,10,12,15-18,21H,1,4-7,9,11H2,2-3H3. The molecule has 0 saturated heterocycles. The molecule has 3 fully saturated rings. The highest BCUT2D eigenvalue weighted by molar-refractivity contribution is 5.34. The van der Waals surface area contributed by atoms with E-state index in [0.29, 0.717) is 5.41 Å². The van der Waals surface area contributed by atoms with Gasteiger partial charge in [0.05, 0.1) is 6.10 Å². The lowest BCUT2D eigenvalue weighted by atomic mass is 9.48. The Balaban J connectivity index is 1.70. The maximum atomic E-state index is 9.91. The second-order valence-corrected chi connectivity index (χ2v) is 8.34. The largest absolute Gasteiger partial charge is 0.385 e. The van der Waals surface area contributed by atoms with Crippen LogP contribution in [0.1, 0.15) is 52.4 Å². The molecule has 0 spiro atoms. The SMILES string of the molecule is C=C1CCC2C3CCC4=CC(O)C=CC4(C)C3CCC12C. The first-order valence-electron chi connectivity index (χ1n) is 8.72. The number of fused-ring (bicyclic) bond motifs is 5. The van der Waals surface area contributed by atoms with E-state index in [1.165, 1.54) is 49.7 Å². The molecule has 114 valence electrons. The van der Waals surface area contributed by atoms with Gasteiger partial charge in [-0.3, -0.25) is 0 Å². The molecule has 1 nitrogen and oxygen atoms in total. The van der Waals surface area contributed by atoms with Gasteiger partial charge in [0.2, 0.25) is 0 Å². The van der Waals surface area contributed by atoms with Crippen molar-refractivity contribution in [2.45, 2.75) is 58.5 Å². The van der Waals surface area contributed by atoms with Crippen LogP contribution in [0, 0.1) is 28.6 Å². The van der Waals surface area contributed by atoms with Gasteiger partial charge in [-0.2, -0.15) is 0 Å². The second kappa shape index (κ2) is 4.35. The van der Waals surface area contributed by atoms with Crippen molar-refractivity contribution < 1.29 is 5.11 Å². The van der Waals surface area contributed by atoms with Crippen LogP contribution in [0.15, 0.2) is 36.0 Å². The molecular weight excluding hydrogens is 256 g/mol. The van der Waals surface area contributed by atoms with Crippen LogP contribution in [-0.4, -0.2) is 11.2 Å². The molecule has 6 unspecified atom stereocenters. The lowest BCUT2D eigenvalue weighted by Gasteiger charge is -2.56. The van der Waals surface area contributed by atoms with E-state index < -0.39 is 0 Å². The minimum atomic E-state index is -0.357. The van der Waals surface area contributed by atoms with E-state index >= 15 is 0 Å². The predicted molar refractivity (Wildman–Crippen MR) is 86.8 cm³/mol. The molecule has 0 bridgehead atoms. The van der Waals surface area contributed by atoms with Crippen LogP contribution in [0.5, 0.6) is 0 Å². The maximum Gasteiger partial charge on any atom is 0.0905 e. The average molecular weight is 284 g/mol. The van der Waals surface area contributed by atoms with Gasteiger partial charge in [0.25, 0.3) is 0 Å². The van der Waals surface area contributed by atoms with Gasteiger partial charge in [-0.05, 0) is 61.7 Å². The molecule has 21 heavy (non-hydrogen) atoms. The summed E-state index contributed by atoms with van der Waals surface area (Å²) in [7, 11) is 0. The number of hydrogen-bond acceptors (Lipinski definition) is 1. The normalized spacial score (nSPS) is 52.0. The zero-order valence-corrected chi connectivity index (χ0v) is 13.4. The van der Waals surface area contributed by atoms with Crippen LogP contribution in [0.25, 0.3) is 0 Å². The molecule has 6 atom stereocenters. The van der Waals surface area contributed by atoms with Crippen molar-refractivity contribution in [1.82, 2.24) is 0 Å². The molecule has 0 aromatic heterocycles. The van der Waals surface area contributed by atoms with Gasteiger partial charge in [0.15, 0.2) is 0 Å². The monoisotopic (exact) mass is 284 g/mol. The Kier molecular flexibility index (Phi) is 2.86. The lowest BCUT2D eigenvalue weighted by Crippen LogP contribution is -2.48. The van der Waals surface area contributed by atoms with Gasteiger partial charge in [-0.25, -0.2) is 0 Å². The first-order chi connectivity index (χ1) is 9.95. The van der Waals surface area contributed by atoms with Gasteiger partial charge in [0, 0.05) is 5.41 Å². The Morgan fingerprint density at radius 1 is 1.14 bits per heavy atom. The summed E-state index contributed by atoms with van der Waals surface area (Å²) in [6.07, 6.45) is 13.8. The molecule has 0 heterocycles. The Hall–Kier alpha value is -0.820. The van der Waals surface area contributed by atoms with Crippen molar-refractivity contribution in [2.24, 2.45) is 28.6 Å². The number of hydrogen-bond donors (Lipinski definition) is 1. The number of aliphatic hydroxyl groups is 1. The highest BCUT2D eigenvalue weighted by Gasteiger charge is 2.56. The topological polar surface area (TPSA) is 20.2 Å². The van der Waals surface area contributed by atoms with Crippen LogP contribution in [0.2, 0.25) is 0 Å². The zero-order chi connectivity index (χ0) is 14.8. The van der Waals surface area contributed by atoms with Crippen LogP contribution >= 0.6 is 0 Å². The molecule has 1 N–H and O–H groups in total. The fraction of sp³-hybridized carbons (Fsp3) is 0.700. The molecule has 0 radical (unpaired) electrons. The van der Waals surface area contributed by atoms with E-state index in [1.54, 1.807) is 0 Å². The summed E-state index contributed by atoms with van der Waals surface area (Å²) in [5, 5.41) is 9.91. The van der Waals surface area contributed by atoms with E-state index in [4.69, 9.17) is 0 Å². The Morgan fingerprint density at radius 3 is 2.76 bits per heavy atom. The van der Waals surface area contributed by atoms with E-state index in [9.17, 15) is 5.11 Å². The van der Waals surface area contributed by atoms with E-state index in [0.717, 1.165) is 17.8 Å². The van der Waals surface area contributed by atoms with Gasteiger partial charge in [-0.15, -0.1) is 0 Å². The molecular formula is C20H28O. The summed E-state index contributed by atoms with van der Waals surface area (Å²) in [4.78, 5) is 0. The highest BCUT2D eigenvalue weighted by Crippen LogP contribution is 2.65. The third-order valence-electron chi connectivity index (χ3n) is 7.61. The predicted octanol–water partition coefficient (Wildman–Crippen LogP) is 4.64. The lowest BCUT2D eigenvalue weighted by molar-refractivity contribution is -0.00345. The van der Waals surface area contributed by atoms with Gasteiger partial charge < -0.3 is 5.11 Å². The van der Waals surface area contributed by atoms with Crippen molar-refractivity contribution in [3.63, 3.8) is 0 Å². The number of allylic oxidation sites excluding steroid dienone is 3. The van der Waals surface area contributed by atoms with E-state index in [-0.39, 0.29) is 11.5 Å². The van der Waals surface area contributed by atoms with Gasteiger partial charge >= 0.3 is 0 Å². The fourth-order valence-electron chi connectivity index (χ4n) is 6.22. The van der Waals surface area contributed by atoms with Crippen molar-refractivity contribution in [3.8, 4) is 0 Å². The third-order valence-corrected chi connectivity index (χ3v) is 7.61. The smallest absolute Gasteiger partial charge is 0.0905 e. The Morgan fingerprint density at radius 2 is 1.95 bits per heavy atom. The van der Waals surface area contributed by atoms with Crippen LogP contribution in [-0.2, 0) is 0 Å². The molecule has 4 aliphatic rings. The molecule has 4 rings (SSSR count). The first-order valence-corrected chi connectivity index (χ1v) is 8.72. The average Bonchev–Trinajstić information content (AvgIpc) is 2.76. The summed E-state index contributed by atoms with van der Waals surface area (Å²) in [5.74, 6) is 2.47. The van der Waals surface area contributed by atoms with E-state index in [2.05, 4.69) is 32.6 Å². The summed E-state index contributed by atoms with van der Waals surface area (Å²) in [5.41, 5.74) is 3.63. The highest BCUT2D eigenvalue weighted by atomic mass is 16.3. The first kappa shape index (κ1) is 13.8. The minimum absolute atomic E-state index is 0.202. The minimum Gasteiger partial charge on any atom is -0.385 e. The van der Waals surface area contributed by atoms with Crippen molar-refractivity contribution in [2.75, 3.05) is 0 Å². The van der Waals surface area contributed by atoms with Crippen molar-refractivity contribution >= 4 is 0 Å². The summed E-state index contributed by atoms with van der Waals surface area (Å²) < 4.78 is 0. The van der Waals surface area contributed by atoms with Gasteiger partial charge in [0.1, 0.15) is 0 Å². The maximum absolute atomic E-state index is 9.91. The Bertz CT molecular complexity index is 542. The summed E-state index contributed by atoms with van der Waals surface area (Å²) in [6.45, 7) is 9.30. The summed E-state index contributed by atoms with van der Waals surface area (Å²) >= 11 is 0. The molecule has 0 aliphatic heterocycles. The van der Waals surface area contributed by atoms with Crippen LogP contribution in [0.3, 0.4) is 0 Å². The molecule has 4 aliphatic carbocycles. The molecule has 3 saturated carbocycles. The van der Waals surface area contributed by atoms with Crippen LogP contribution in [0.4, 0.5) is 0 Å². The molecule has 0 aromatic carbocycles. The van der Waals surface area contributed by atoms with Crippen molar-refractivity contribution in [3.05, 3.63) is 36.0 Å². The Labute approximate surface area is 128 Å². The third kappa shape index (κ3) is 1.73. The molecule has 0 aromatic rings.